The Labute approximate surface area is 192 Å². The number of rotatable bonds is 5. The molecule has 5 aromatic rings. The van der Waals surface area contributed by atoms with Gasteiger partial charge in [-0.1, -0.05) is 37.5 Å². The summed E-state index contributed by atoms with van der Waals surface area (Å²) in [6.07, 6.45) is 9.92. The van der Waals surface area contributed by atoms with Crippen LogP contribution in [0.25, 0.3) is 33.6 Å². The van der Waals surface area contributed by atoms with Crippen LogP contribution >= 0.6 is 0 Å². The summed E-state index contributed by atoms with van der Waals surface area (Å²) in [5.74, 6) is 1.82. The van der Waals surface area contributed by atoms with Crippen LogP contribution in [-0.2, 0) is 0 Å². The average Bonchev–Trinajstić information content (AvgIpc) is 3.47. The Bertz CT molecular complexity index is 1400. The van der Waals surface area contributed by atoms with Gasteiger partial charge < -0.3 is 10.1 Å². The topological polar surface area (TPSA) is 69.3 Å². The van der Waals surface area contributed by atoms with Crippen LogP contribution in [0.3, 0.4) is 0 Å². The largest absolute Gasteiger partial charge is 0.497 e. The zero-order valence-electron chi connectivity index (χ0n) is 18.6. The molecule has 0 radical (unpaired) electrons. The first-order chi connectivity index (χ1) is 16.3. The fourth-order valence-electron chi connectivity index (χ4n) is 4.76. The molecule has 0 bridgehead atoms. The summed E-state index contributed by atoms with van der Waals surface area (Å²) in [7, 11) is 1.68. The maximum absolute atomic E-state index is 5.36. The molecule has 1 fully saturated rings. The van der Waals surface area contributed by atoms with Gasteiger partial charge in [0, 0.05) is 11.6 Å². The minimum absolute atomic E-state index is 0.443. The van der Waals surface area contributed by atoms with Gasteiger partial charge in [-0.25, -0.2) is 14.6 Å². The molecule has 0 amide bonds. The van der Waals surface area contributed by atoms with Gasteiger partial charge in [-0.3, -0.25) is 4.40 Å². The van der Waals surface area contributed by atoms with E-state index >= 15 is 0 Å². The van der Waals surface area contributed by atoms with E-state index in [1.165, 1.54) is 32.1 Å². The summed E-state index contributed by atoms with van der Waals surface area (Å²) in [6, 6.07) is 18.6. The Kier molecular flexibility index (Phi) is 4.94. The highest BCUT2D eigenvalue weighted by Crippen LogP contribution is 2.34. The molecule has 1 aliphatic carbocycles. The van der Waals surface area contributed by atoms with Gasteiger partial charge in [0.05, 0.1) is 24.4 Å². The van der Waals surface area contributed by atoms with E-state index in [1.807, 2.05) is 59.7 Å². The van der Waals surface area contributed by atoms with Crippen molar-refractivity contribution < 1.29 is 4.74 Å². The van der Waals surface area contributed by atoms with Gasteiger partial charge in [0.1, 0.15) is 23.6 Å². The van der Waals surface area contributed by atoms with E-state index in [0.717, 1.165) is 45.2 Å². The Morgan fingerprint density at radius 2 is 1.73 bits per heavy atom. The molecule has 3 heterocycles. The van der Waals surface area contributed by atoms with Gasteiger partial charge >= 0.3 is 0 Å². The normalized spacial score (nSPS) is 14.7. The van der Waals surface area contributed by atoms with E-state index in [2.05, 4.69) is 26.9 Å². The average molecular weight is 439 g/mol. The van der Waals surface area contributed by atoms with Crippen molar-refractivity contribution in [1.82, 2.24) is 24.1 Å². The Balaban J connectivity index is 1.52. The van der Waals surface area contributed by atoms with Gasteiger partial charge in [-0.15, -0.1) is 0 Å². The summed E-state index contributed by atoms with van der Waals surface area (Å²) in [6.45, 7) is 0. The van der Waals surface area contributed by atoms with Crippen LogP contribution in [0.2, 0.25) is 0 Å². The van der Waals surface area contributed by atoms with Crippen molar-refractivity contribution in [2.24, 2.45) is 0 Å². The number of anilines is 1. The van der Waals surface area contributed by atoms with Crippen LogP contribution in [-0.4, -0.2) is 37.3 Å². The zero-order valence-corrected chi connectivity index (χ0v) is 18.6. The molecule has 0 spiro atoms. The van der Waals surface area contributed by atoms with Crippen LogP contribution in [0, 0.1) is 0 Å². The Morgan fingerprint density at radius 3 is 2.48 bits per heavy atom. The maximum atomic E-state index is 5.36. The maximum Gasteiger partial charge on any atom is 0.168 e. The van der Waals surface area contributed by atoms with Crippen molar-refractivity contribution in [3.63, 3.8) is 0 Å². The predicted octanol–water partition coefficient (Wildman–Crippen LogP) is 5.49. The van der Waals surface area contributed by atoms with E-state index in [1.54, 1.807) is 7.11 Å². The van der Waals surface area contributed by atoms with Crippen LogP contribution in [0.5, 0.6) is 5.75 Å². The quantitative estimate of drug-likeness (QED) is 0.393. The minimum atomic E-state index is 0.443. The first kappa shape index (κ1) is 19.8. The van der Waals surface area contributed by atoms with Crippen molar-refractivity contribution in [3.05, 3.63) is 67.1 Å². The molecule has 2 aromatic carbocycles. The molecule has 166 valence electrons. The van der Waals surface area contributed by atoms with Crippen LogP contribution in [0.15, 0.2) is 67.1 Å². The number of imidazole rings is 1. The Morgan fingerprint density at radius 1 is 0.939 bits per heavy atom. The third-order valence-corrected chi connectivity index (χ3v) is 6.50. The number of para-hydroxylation sites is 1. The van der Waals surface area contributed by atoms with Crippen molar-refractivity contribution in [2.45, 2.75) is 38.1 Å². The van der Waals surface area contributed by atoms with Crippen molar-refractivity contribution in [2.75, 3.05) is 12.4 Å². The minimum Gasteiger partial charge on any atom is -0.497 e. The van der Waals surface area contributed by atoms with Crippen LogP contribution in [0.4, 0.5) is 5.82 Å². The highest BCUT2D eigenvalue weighted by atomic mass is 16.5. The molecule has 1 saturated carbocycles. The number of benzene rings is 2. The van der Waals surface area contributed by atoms with Crippen molar-refractivity contribution in [1.29, 1.82) is 0 Å². The molecule has 6 rings (SSSR count). The van der Waals surface area contributed by atoms with Crippen LogP contribution < -0.4 is 10.1 Å². The molecular weight excluding hydrogens is 412 g/mol. The van der Waals surface area contributed by atoms with Crippen LogP contribution in [0.1, 0.15) is 32.1 Å². The summed E-state index contributed by atoms with van der Waals surface area (Å²) in [5, 5.41) is 9.36. The standard InChI is InChI=1S/C26H26N6O/c1-33-21-14-12-18(13-15-21)23-26(29-19-8-4-2-5-9-19)31-17-27-24-22(25(31)30-23)16-28-32(24)20-10-6-3-7-11-20/h3,6-7,10-17,19,29H,2,4-5,8-9H2,1H3. The van der Waals surface area contributed by atoms with Gasteiger partial charge in [0.2, 0.25) is 0 Å². The third kappa shape index (κ3) is 3.50. The first-order valence-corrected chi connectivity index (χ1v) is 11.5. The predicted molar refractivity (Wildman–Crippen MR) is 130 cm³/mol. The summed E-state index contributed by atoms with van der Waals surface area (Å²) in [5.41, 5.74) is 4.59. The van der Waals surface area contributed by atoms with Gasteiger partial charge in [-0.2, -0.15) is 5.10 Å². The highest BCUT2D eigenvalue weighted by Gasteiger charge is 2.22. The molecule has 0 saturated heterocycles. The molecule has 0 aliphatic heterocycles. The number of hydrogen-bond acceptors (Lipinski definition) is 5. The number of aromatic nitrogens is 5. The molecule has 0 unspecified atom stereocenters. The molecule has 33 heavy (non-hydrogen) atoms. The van der Waals surface area contributed by atoms with Gasteiger partial charge in [0.25, 0.3) is 0 Å². The SMILES string of the molecule is COc1ccc(-c2nc3c4cnn(-c5ccccc5)c4ncn3c2NC2CCCCC2)cc1. The second kappa shape index (κ2) is 8.24. The monoisotopic (exact) mass is 438 g/mol. The molecule has 1 aliphatic rings. The fraction of sp³-hybridized carbons (Fsp3) is 0.269. The van der Waals surface area contributed by atoms with E-state index in [-0.39, 0.29) is 0 Å². The summed E-state index contributed by atoms with van der Waals surface area (Å²) >= 11 is 0. The lowest BCUT2D eigenvalue weighted by molar-refractivity contribution is 0.415. The number of hydrogen-bond donors (Lipinski definition) is 1. The second-order valence-corrected chi connectivity index (χ2v) is 8.58. The van der Waals surface area contributed by atoms with Crippen molar-refractivity contribution >= 4 is 22.5 Å². The molecule has 7 heteroatoms. The molecular formula is C26H26N6O. The molecule has 1 N–H and O–H groups in total. The second-order valence-electron chi connectivity index (χ2n) is 8.58. The smallest absolute Gasteiger partial charge is 0.168 e. The lowest BCUT2D eigenvalue weighted by Gasteiger charge is -2.24. The first-order valence-electron chi connectivity index (χ1n) is 11.5. The molecule has 7 nitrogen and oxygen atoms in total. The van der Waals surface area contributed by atoms with Gasteiger partial charge in [-0.05, 0) is 49.2 Å². The van der Waals surface area contributed by atoms with E-state index in [4.69, 9.17) is 14.7 Å². The number of ether oxygens (including phenoxy) is 1. The molecule has 0 atom stereocenters. The number of nitrogens with one attached hydrogen (secondary N) is 1. The van der Waals surface area contributed by atoms with E-state index < -0.39 is 0 Å². The highest BCUT2D eigenvalue weighted by molar-refractivity contribution is 5.93. The number of nitrogens with zero attached hydrogens (tertiary/aromatic N) is 5. The lowest BCUT2D eigenvalue weighted by Crippen LogP contribution is -2.23. The van der Waals surface area contributed by atoms with Gasteiger partial charge in [0.15, 0.2) is 11.3 Å². The lowest BCUT2D eigenvalue weighted by atomic mass is 9.95. The fourth-order valence-corrected chi connectivity index (χ4v) is 4.76. The number of fused-ring (bicyclic) bond motifs is 3. The van der Waals surface area contributed by atoms with Crippen molar-refractivity contribution in [3.8, 4) is 22.7 Å². The van der Waals surface area contributed by atoms with E-state index in [0.29, 0.717) is 6.04 Å². The summed E-state index contributed by atoms with van der Waals surface area (Å²) in [4.78, 5) is 9.90. The Hall–Kier alpha value is -3.87. The third-order valence-electron chi connectivity index (χ3n) is 6.50. The van der Waals surface area contributed by atoms with E-state index in [9.17, 15) is 0 Å². The summed E-state index contributed by atoms with van der Waals surface area (Å²) < 4.78 is 9.30. The zero-order chi connectivity index (χ0) is 22.2. The molecule has 3 aromatic heterocycles. The number of methoxy groups -OCH3 is 1.